The van der Waals surface area contributed by atoms with Crippen LogP contribution in [0.15, 0.2) is 66.9 Å². The van der Waals surface area contributed by atoms with E-state index in [0.29, 0.717) is 13.0 Å². The summed E-state index contributed by atoms with van der Waals surface area (Å²) in [6, 6.07) is 20.1. The second-order valence-corrected chi connectivity index (χ2v) is 6.15. The average Bonchev–Trinajstić information content (AvgIpc) is 3.04. The lowest BCUT2D eigenvalue weighted by Crippen LogP contribution is -2.28. The van der Waals surface area contributed by atoms with Crippen LogP contribution in [0.1, 0.15) is 11.4 Å². The van der Waals surface area contributed by atoms with Gasteiger partial charge >= 0.3 is 0 Å². The summed E-state index contributed by atoms with van der Waals surface area (Å²) in [4.78, 5) is 14.3. The van der Waals surface area contributed by atoms with Gasteiger partial charge in [-0.15, -0.1) is 10.2 Å². The highest BCUT2D eigenvalue weighted by Crippen LogP contribution is 2.16. The molecule has 124 valence electrons. The maximum Gasteiger partial charge on any atom is 0.227 e. The molecule has 1 amide bonds. The quantitative estimate of drug-likeness (QED) is 0.578. The van der Waals surface area contributed by atoms with Crippen LogP contribution in [0.5, 0.6) is 0 Å². The fourth-order valence-electron chi connectivity index (χ4n) is 2.96. The lowest BCUT2D eigenvalue weighted by molar-refractivity contribution is -0.129. The summed E-state index contributed by atoms with van der Waals surface area (Å²) in [5.41, 5.74) is 1.80. The van der Waals surface area contributed by atoms with Gasteiger partial charge in [-0.05, 0) is 28.5 Å². The largest absolute Gasteiger partial charge is 0.338 e. The highest BCUT2D eigenvalue weighted by Gasteiger charge is 2.14. The van der Waals surface area contributed by atoms with Crippen LogP contribution in [0.3, 0.4) is 0 Å². The normalized spacial score (nSPS) is 11.1. The molecule has 0 N–H and O–H groups in total. The molecule has 0 saturated carbocycles. The van der Waals surface area contributed by atoms with Crippen molar-refractivity contribution in [3.05, 3.63) is 78.2 Å². The Labute approximate surface area is 145 Å². The maximum atomic E-state index is 12.6. The fraction of sp³-hybridized carbons (Fsp3) is 0.150. The van der Waals surface area contributed by atoms with E-state index in [2.05, 4.69) is 34.5 Å². The Bertz CT molecular complexity index is 1050. The molecule has 0 bridgehead atoms. The standard InChI is InChI=1S/C20H18N4O/c1-23(14-19-22-21-18-8-4-5-11-24(18)19)20(25)13-15-9-10-16-6-2-3-7-17(16)12-15/h2-12H,13-14H2,1H3. The molecule has 0 aliphatic rings. The Morgan fingerprint density at radius 1 is 1.00 bits per heavy atom. The maximum absolute atomic E-state index is 12.6. The molecule has 0 fully saturated rings. The van der Waals surface area contributed by atoms with Crippen LogP contribution in [-0.4, -0.2) is 32.5 Å². The third-order valence-electron chi connectivity index (χ3n) is 4.36. The van der Waals surface area contributed by atoms with Gasteiger partial charge in [0, 0.05) is 13.2 Å². The molecular weight excluding hydrogens is 312 g/mol. The number of rotatable bonds is 4. The van der Waals surface area contributed by atoms with Crippen molar-refractivity contribution in [2.75, 3.05) is 7.05 Å². The van der Waals surface area contributed by atoms with E-state index in [-0.39, 0.29) is 5.91 Å². The van der Waals surface area contributed by atoms with Crippen molar-refractivity contribution in [2.45, 2.75) is 13.0 Å². The monoisotopic (exact) mass is 330 g/mol. The summed E-state index contributed by atoms with van der Waals surface area (Å²) in [7, 11) is 1.80. The molecule has 0 spiro atoms. The highest BCUT2D eigenvalue weighted by molar-refractivity contribution is 5.85. The van der Waals surface area contributed by atoms with Crippen molar-refractivity contribution in [2.24, 2.45) is 0 Å². The Kier molecular flexibility index (Phi) is 3.90. The lowest BCUT2D eigenvalue weighted by Gasteiger charge is -2.16. The second-order valence-electron chi connectivity index (χ2n) is 6.15. The molecule has 5 heteroatoms. The van der Waals surface area contributed by atoms with E-state index in [1.54, 1.807) is 11.9 Å². The van der Waals surface area contributed by atoms with Crippen molar-refractivity contribution in [3.8, 4) is 0 Å². The van der Waals surface area contributed by atoms with Crippen molar-refractivity contribution >= 4 is 22.3 Å². The van der Waals surface area contributed by atoms with E-state index in [0.717, 1.165) is 22.4 Å². The molecule has 0 atom stereocenters. The Balaban J connectivity index is 1.49. The van der Waals surface area contributed by atoms with E-state index in [1.165, 1.54) is 5.39 Å². The fourth-order valence-corrected chi connectivity index (χ4v) is 2.96. The SMILES string of the molecule is CN(Cc1nnc2ccccn12)C(=O)Cc1ccc2ccccc2c1. The van der Waals surface area contributed by atoms with Crippen molar-refractivity contribution in [3.63, 3.8) is 0 Å². The van der Waals surface area contributed by atoms with Gasteiger partial charge in [-0.25, -0.2) is 0 Å². The first kappa shape index (κ1) is 15.3. The van der Waals surface area contributed by atoms with Gasteiger partial charge < -0.3 is 4.90 Å². The number of amides is 1. The smallest absolute Gasteiger partial charge is 0.227 e. The number of aromatic nitrogens is 3. The third kappa shape index (κ3) is 3.08. The van der Waals surface area contributed by atoms with Gasteiger partial charge in [-0.1, -0.05) is 48.5 Å². The molecule has 0 aliphatic carbocycles. The zero-order valence-corrected chi connectivity index (χ0v) is 14.0. The van der Waals surface area contributed by atoms with Crippen LogP contribution in [0.25, 0.3) is 16.4 Å². The van der Waals surface area contributed by atoms with Gasteiger partial charge in [-0.2, -0.15) is 0 Å². The van der Waals surface area contributed by atoms with Gasteiger partial charge in [0.1, 0.15) is 0 Å². The van der Waals surface area contributed by atoms with Gasteiger partial charge in [0.25, 0.3) is 0 Å². The van der Waals surface area contributed by atoms with Crippen LogP contribution >= 0.6 is 0 Å². The highest BCUT2D eigenvalue weighted by atomic mass is 16.2. The lowest BCUT2D eigenvalue weighted by atomic mass is 10.0. The molecule has 2 aromatic heterocycles. The molecule has 0 saturated heterocycles. The topological polar surface area (TPSA) is 50.5 Å². The zero-order valence-electron chi connectivity index (χ0n) is 14.0. The minimum absolute atomic E-state index is 0.0583. The molecule has 2 aromatic carbocycles. The number of benzene rings is 2. The number of likely N-dealkylation sites (N-methyl/N-ethyl adjacent to an activating group) is 1. The minimum atomic E-state index is 0.0583. The van der Waals surface area contributed by atoms with E-state index in [9.17, 15) is 4.79 Å². The van der Waals surface area contributed by atoms with E-state index >= 15 is 0 Å². The summed E-state index contributed by atoms with van der Waals surface area (Å²) >= 11 is 0. The van der Waals surface area contributed by atoms with Crippen LogP contribution < -0.4 is 0 Å². The number of nitrogens with zero attached hydrogens (tertiary/aromatic N) is 4. The minimum Gasteiger partial charge on any atom is -0.338 e. The summed E-state index contributed by atoms with van der Waals surface area (Å²) in [6.45, 7) is 0.428. The van der Waals surface area contributed by atoms with Crippen LogP contribution in [0, 0.1) is 0 Å². The first-order valence-corrected chi connectivity index (χ1v) is 8.21. The summed E-state index contributed by atoms with van der Waals surface area (Å²) in [5.74, 6) is 0.813. The average molecular weight is 330 g/mol. The summed E-state index contributed by atoms with van der Waals surface area (Å²) in [6.07, 6.45) is 2.28. The van der Waals surface area contributed by atoms with Crippen LogP contribution in [0.2, 0.25) is 0 Å². The summed E-state index contributed by atoms with van der Waals surface area (Å²) in [5, 5.41) is 10.6. The van der Waals surface area contributed by atoms with E-state index in [4.69, 9.17) is 0 Å². The Morgan fingerprint density at radius 2 is 1.80 bits per heavy atom. The molecule has 4 rings (SSSR count). The number of hydrogen-bond donors (Lipinski definition) is 0. The first-order chi connectivity index (χ1) is 12.2. The zero-order chi connectivity index (χ0) is 17.2. The third-order valence-corrected chi connectivity index (χ3v) is 4.36. The molecule has 0 aliphatic heterocycles. The number of pyridine rings is 1. The van der Waals surface area contributed by atoms with Crippen LogP contribution in [0.4, 0.5) is 0 Å². The number of carbonyl (C=O) groups is 1. The first-order valence-electron chi connectivity index (χ1n) is 8.21. The molecule has 0 radical (unpaired) electrons. The van der Waals surface area contributed by atoms with Gasteiger partial charge in [0.2, 0.25) is 5.91 Å². The van der Waals surface area contributed by atoms with Crippen molar-refractivity contribution in [1.82, 2.24) is 19.5 Å². The second kappa shape index (κ2) is 6.36. The number of hydrogen-bond acceptors (Lipinski definition) is 3. The predicted molar refractivity (Wildman–Crippen MR) is 97.1 cm³/mol. The van der Waals surface area contributed by atoms with Crippen molar-refractivity contribution < 1.29 is 4.79 Å². The van der Waals surface area contributed by atoms with Gasteiger partial charge in [0.05, 0.1) is 13.0 Å². The van der Waals surface area contributed by atoms with E-state index in [1.807, 2.05) is 47.0 Å². The Hall–Kier alpha value is -3.21. The van der Waals surface area contributed by atoms with Gasteiger partial charge in [-0.3, -0.25) is 9.20 Å². The number of fused-ring (bicyclic) bond motifs is 2. The number of carbonyl (C=O) groups excluding carboxylic acids is 1. The molecular formula is C20H18N4O. The van der Waals surface area contributed by atoms with Gasteiger partial charge in [0.15, 0.2) is 11.5 Å². The molecule has 5 nitrogen and oxygen atoms in total. The summed E-state index contributed by atoms with van der Waals surface area (Å²) < 4.78 is 1.90. The molecule has 4 aromatic rings. The predicted octanol–water partition coefficient (Wildman–Crippen LogP) is 3.08. The Morgan fingerprint density at radius 3 is 2.68 bits per heavy atom. The molecule has 0 unspecified atom stereocenters. The van der Waals surface area contributed by atoms with E-state index < -0.39 is 0 Å². The van der Waals surface area contributed by atoms with Crippen LogP contribution in [-0.2, 0) is 17.8 Å². The molecule has 25 heavy (non-hydrogen) atoms. The van der Waals surface area contributed by atoms with Crippen molar-refractivity contribution in [1.29, 1.82) is 0 Å². The molecule has 2 heterocycles.